The van der Waals surface area contributed by atoms with Gasteiger partial charge in [-0.2, -0.15) is 0 Å². The van der Waals surface area contributed by atoms with E-state index in [-0.39, 0.29) is 18.6 Å². The Bertz CT molecular complexity index is 967. The zero-order chi connectivity index (χ0) is 20.9. The predicted octanol–water partition coefficient (Wildman–Crippen LogP) is 2.11. The molecule has 0 spiro atoms. The minimum Gasteiger partial charge on any atom is -0.444 e. The van der Waals surface area contributed by atoms with Gasteiger partial charge >= 0.3 is 6.09 Å². The lowest BCUT2D eigenvalue weighted by Gasteiger charge is -2.34. The van der Waals surface area contributed by atoms with Crippen LogP contribution in [-0.2, 0) is 21.0 Å². The van der Waals surface area contributed by atoms with Crippen LogP contribution in [0.4, 0.5) is 4.79 Å². The van der Waals surface area contributed by atoms with E-state index >= 15 is 0 Å². The largest absolute Gasteiger partial charge is 0.444 e. The third-order valence-corrected chi connectivity index (χ3v) is 5.31. The highest BCUT2D eigenvalue weighted by Crippen LogP contribution is 2.20. The summed E-state index contributed by atoms with van der Waals surface area (Å²) in [7, 11) is 5.59. The fourth-order valence-corrected chi connectivity index (χ4v) is 3.74. The number of oxime groups is 1. The fourth-order valence-electron chi connectivity index (χ4n) is 3.74. The molecule has 2 atom stereocenters. The molecule has 2 radical (unpaired) electrons. The summed E-state index contributed by atoms with van der Waals surface area (Å²) in [5.41, 5.74) is 2.11. The summed E-state index contributed by atoms with van der Waals surface area (Å²) >= 11 is 0. The molecule has 1 N–H and O–H groups in total. The fraction of sp³-hybridized carbons (Fsp3) is 0.429. The van der Waals surface area contributed by atoms with Crippen molar-refractivity contribution < 1.29 is 19.2 Å². The Morgan fingerprint density at radius 2 is 2.17 bits per heavy atom. The molecule has 2 amide bonds. The summed E-state index contributed by atoms with van der Waals surface area (Å²) < 4.78 is 5.50. The molecule has 2 aromatic rings. The molecule has 3 heterocycles. The second kappa shape index (κ2) is 9.15. The minimum absolute atomic E-state index is 0.105. The Balaban J connectivity index is 1.33. The van der Waals surface area contributed by atoms with Gasteiger partial charge in [0.2, 0.25) is 5.91 Å². The van der Waals surface area contributed by atoms with Crippen LogP contribution in [0.3, 0.4) is 0 Å². The van der Waals surface area contributed by atoms with Gasteiger partial charge in [-0.05, 0) is 31.4 Å². The molecule has 0 bridgehead atoms. The van der Waals surface area contributed by atoms with Crippen molar-refractivity contribution in [1.82, 2.24) is 15.2 Å². The first-order valence-electron chi connectivity index (χ1n) is 10.1. The third-order valence-electron chi connectivity index (χ3n) is 5.31. The van der Waals surface area contributed by atoms with Crippen LogP contribution in [0.1, 0.15) is 31.2 Å². The number of nitrogens with one attached hydrogen (secondary N) is 1. The quantitative estimate of drug-likeness (QED) is 0.768. The van der Waals surface area contributed by atoms with Gasteiger partial charge in [-0.15, -0.1) is 5.16 Å². The monoisotopic (exact) mass is 406 g/mol. The SMILES string of the molecule is [B]C1=NO[C@H](CNC(=O)[C@@H]2CCCCN2C(=O)OCc2cnc3ccccc3c2)C1. The highest BCUT2D eigenvalue weighted by Gasteiger charge is 2.33. The number of rotatable bonds is 5. The first-order valence-corrected chi connectivity index (χ1v) is 10.1. The van der Waals surface area contributed by atoms with Gasteiger partial charge in [0.15, 0.2) is 0 Å². The number of benzene rings is 1. The molecule has 9 heteroatoms. The van der Waals surface area contributed by atoms with Crippen molar-refractivity contribution in [2.24, 2.45) is 5.16 Å². The van der Waals surface area contributed by atoms with E-state index in [1.807, 2.05) is 30.3 Å². The van der Waals surface area contributed by atoms with Crippen molar-refractivity contribution >= 4 is 36.4 Å². The number of para-hydroxylation sites is 1. The number of likely N-dealkylation sites (tertiary alicyclic amines) is 1. The molecule has 1 fully saturated rings. The van der Waals surface area contributed by atoms with E-state index in [1.54, 1.807) is 6.20 Å². The average molecular weight is 406 g/mol. The number of amides is 2. The Kier molecular flexibility index (Phi) is 6.16. The molecule has 1 aromatic heterocycles. The molecular formula is C21H23BN4O4. The summed E-state index contributed by atoms with van der Waals surface area (Å²) in [5, 5.41) is 7.50. The minimum atomic E-state index is -0.555. The lowest BCUT2D eigenvalue weighted by atomic mass is 9.96. The number of piperidine rings is 1. The van der Waals surface area contributed by atoms with E-state index < -0.39 is 12.1 Å². The lowest BCUT2D eigenvalue weighted by molar-refractivity contribution is -0.127. The number of fused-ring (bicyclic) bond motifs is 1. The van der Waals surface area contributed by atoms with Crippen LogP contribution in [0.25, 0.3) is 10.9 Å². The summed E-state index contributed by atoms with van der Waals surface area (Å²) in [5.74, 6) is -0.215. The number of aromatic nitrogens is 1. The second-order valence-corrected chi connectivity index (χ2v) is 7.56. The van der Waals surface area contributed by atoms with Crippen LogP contribution in [-0.4, -0.2) is 60.6 Å². The molecule has 4 rings (SSSR count). The first-order chi connectivity index (χ1) is 14.6. The smallest absolute Gasteiger partial charge is 0.410 e. The highest BCUT2D eigenvalue weighted by molar-refractivity contribution is 6.59. The molecule has 1 saturated heterocycles. The van der Waals surface area contributed by atoms with Crippen LogP contribution in [0.15, 0.2) is 41.7 Å². The number of hydrogen-bond donors (Lipinski definition) is 1. The molecule has 154 valence electrons. The molecule has 0 unspecified atom stereocenters. The number of carbonyl (C=O) groups excluding carboxylic acids is 2. The highest BCUT2D eigenvalue weighted by atomic mass is 16.6. The molecule has 2 aliphatic heterocycles. The third kappa shape index (κ3) is 4.72. The Labute approximate surface area is 176 Å². The topological polar surface area (TPSA) is 93.1 Å². The second-order valence-electron chi connectivity index (χ2n) is 7.56. The van der Waals surface area contributed by atoms with Crippen LogP contribution in [0, 0.1) is 0 Å². The van der Waals surface area contributed by atoms with Gasteiger partial charge in [-0.25, -0.2) is 4.79 Å². The summed E-state index contributed by atoms with van der Waals surface area (Å²) in [6.45, 7) is 0.891. The maximum atomic E-state index is 12.7. The number of hydrogen-bond acceptors (Lipinski definition) is 6. The van der Waals surface area contributed by atoms with Crippen LogP contribution in [0.2, 0.25) is 0 Å². The van der Waals surface area contributed by atoms with Crippen molar-refractivity contribution in [3.63, 3.8) is 0 Å². The molecule has 0 aliphatic carbocycles. The maximum absolute atomic E-state index is 12.7. The number of ether oxygens (including phenoxy) is 1. The molecule has 0 saturated carbocycles. The van der Waals surface area contributed by atoms with Crippen molar-refractivity contribution in [1.29, 1.82) is 0 Å². The molecular weight excluding hydrogens is 383 g/mol. The van der Waals surface area contributed by atoms with Gasteiger partial charge in [-0.3, -0.25) is 14.7 Å². The zero-order valence-electron chi connectivity index (χ0n) is 16.6. The molecule has 30 heavy (non-hydrogen) atoms. The van der Waals surface area contributed by atoms with Crippen LogP contribution in [0.5, 0.6) is 0 Å². The summed E-state index contributed by atoms with van der Waals surface area (Å²) in [6.07, 6.45) is 3.75. The average Bonchev–Trinajstić information content (AvgIpc) is 3.20. The van der Waals surface area contributed by atoms with E-state index in [9.17, 15) is 9.59 Å². The van der Waals surface area contributed by atoms with E-state index in [0.29, 0.717) is 31.5 Å². The van der Waals surface area contributed by atoms with Gasteiger partial charge in [0, 0.05) is 35.7 Å². The lowest BCUT2D eigenvalue weighted by Crippen LogP contribution is -2.53. The van der Waals surface area contributed by atoms with Crippen molar-refractivity contribution in [2.45, 2.75) is 44.4 Å². The Morgan fingerprint density at radius 3 is 3.00 bits per heavy atom. The van der Waals surface area contributed by atoms with Crippen LogP contribution < -0.4 is 5.32 Å². The van der Waals surface area contributed by atoms with Gasteiger partial charge in [0.05, 0.1) is 12.1 Å². The van der Waals surface area contributed by atoms with Gasteiger partial charge < -0.3 is 14.9 Å². The van der Waals surface area contributed by atoms with E-state index in [0.717, 1.165) is 29.3 Å². The van der Waals surface area contributed by atoms with Gasteiger partial charge in [-0.1, -0.05) is 18.2 Å². The summed E-state index contributed by atoms with van der Waals surface area (Å²) in [4.78, 5) is 36.4. The number of nitrogens with zero attached hydrogens (tertiary/aromatic N) is 3. The van der Waals surface area contributed by atoms with Gasteiger partial charge in [0.25, 0.3) is 0 Å². The van der Waals surface area contributed by atoms with Crippen LogP contribution >= 0.6 is 0 Å². The van der Waals surface area contributed by atoms with Crippen molar-refractivity contribution in [2.75, 3.05) is 13.1 Å². The van der Waals surface area contributed by atoms with Crippen molar-refractivity contribution in [3.05, 3.63) is 42.1 Å². The molecule has 1 aromatic carbocycles. The summed E-state index contributed by atoms with van der Waals surface area (Å²) in [6, 6.07) is 9.15. The molecule has 8 nitrogen and oxygen atoms in total. The van der Waals surface area contributed by atoms with E-state index in [4.69, 9.17) is 17.4 Å². The first kappa shape index (κ1) is 20.2. The number of pyridine rings is 1. The maximum Gasteiger partial charge on any atom is 0.410 e. The van der Waals surface area contributed by atoms with E-state index in [2.05, 4.69) is 15.5 Å². The normalized spacial score (nSPS) is 21.1. The van der Waals surface area contributed by atoms with Crippen molar-refractivity contribution in [3.8, 4) is 0 Å². The Morgan fingerprint density at radius 1 is 1.30 bits per heavy atom. The zero-order valence-corrected chi connectivity index (χ0v) is 16.6. The number of carbonyl (C=O) groups is 2. The van der Waals surface area contributed by atoms with Gasteiger partial charge in [0.1, 0.15) is 26.6 Å². The van der Waals surface area contributed by atoms with E-state index in [1.165, 1.54) is 4.90 Å². The standard InChI is InChI=1S/C21H23BN4O4/c22-19-10-16(30-25-19)12-24-20(27)18-7-3-4-8-26(18)21(28)29-13-14-9-15-5-1-2-6-17(15)23-11-14/h1-2,5-6,9,11,16,18H,3-4,7-8,10,12-13H2,(H,24,27)/t16-,18-/m0/s1. The molecule has 2 aliphatic rings. The predicted molar refractivity (Wildman–Crippen MR) is 112 cm³/mol. The Hall–Kier alpha value is -3.10.